The lowest BCUT2D eigenvalue weighted by Gasteiger charge is -2.39. The number of amides is 1. The van der Waals surface area contributed by atoms with Gasteiger partial charge in [-0.3, -0.25) is 5.32 Å². The maximum Gasteiger partial charge on any atom is 0.412 e. The average molecular weight is 443 g/mol. The highest BCUT2D eigenvalue weighted by Crippen LogP contribution is 2.48. The summed E-state index contributed by atoms with van der Waals surface area (Å²) < 4.78 is 11.5. The van der Waals surface area contributed by atoms with Crippen molar-refractivity contribution in [1.82, 2.24) is 0 Å². The van der Waals surface area contributed by atoms with Gasteiger partial charge in [0.05, 0.1) is 12.8 Å². The molecule has 5 nitrogen and oxygen atoms in total. The van der Waals surface area contributed by atoms with Crippen molar-refractivity contribution < 1.29 is 14.3 Å². The third-order valence-corrected chi connectivity index (χ3v) is 5.66. The summed E-state index contributed by atoms with van der Waals surface area (Å²) in [6.07, 6.45) is -0.00751. The third-order valence-electron chi connectivity index (χ3n) is 5.17. The Bertz CT molecular complexity index is 1100. The van der Waals surface area contributed by atoms with E-state index in [0.717, 1.165) is 22.5 Å². The Morgan fingerprint density at radius 2 is 1.80 bits per heavy atom. The molecule has 0 spiro atoms. The van der Waals surface area contributed by atoms with Crippen molar-refractivity contribution in [2.45, 2.75) is 18.9 Å². The van der Waals surface area contributed by atoms with Gasteiger partial charge < -0.3 is 14.8 Å². The van der Waals surface area contributed by atoms with E-state index < -0.39 is 11.7 Å². The van der Waals surface area contributed by atoms with Crippen LogP contribution in [0.5, 0.6) is 5.75 Å². The topological polar surface area (TPSA) is 59.6 Å². The maximum atomic E-state index is 12.5. The Morgan fingerprint density at radius 3 is 2.47 bits per heavy atom. The summed E-state index contributed by atoms with van der Waals surface area (Å²) in [7, 11) is 1.57. The van der Waals surface area contributed by atoms with Gasteiger partial charge in [-0.25, -0.2) is 4.79 Å². The largest absolute Gasteiger partial charge is 0.494 e. The molecule has 3 aromatic carbocycles. The van der Waals surface area contributed by atoms with E-state index in [-0.39, 0.29) is 0 Å². The van der Waals surface area contributed by atoms with E-state index in [0.29, 0.717) is 27.9 Å². The SMILES string of the molecule is CCC1(c2ccc(Cl)cc2)OC(=O)Nc2c(OC)cc(Nc3cccc(Cl)c3)cc21. The molecule has 0 radical (unpaired) electrons. The number of benzene rings is 3. The Balaban J connectivity index is 1.89. The maximum absolute atomic E-state index is 12.5. The molecule has 3 aromatic rings. The highest BCUT2D eigenvalue weighted by atomic mass is 35.5. The van der Waals surface area contributed by atoms with Crippen molar-refractivity contribution in [2.24, 2.45) is 0 Å². The molecule has 0 bridgehead atoms. The summed E-state index contributed by atoms with van der Waals surface area (Å²) in [4.78, 5) is 12.5. The first kappa shape index (κ1) is 20.4. The number of cyclic esters (lactones) is 1. The molecule has 1 unspecified atom stereocenters. The molecule has 1 heterocycles. The van der Waals surface area contributed by atoms with Crippen molar-refractivity contribution in [3.05, 3.63) is 81.8 Å². The zero-order valence-electron chi connectivity index (χ0n) is 16.5. The van der Waals surface area contributed by atoms with Crippen molar-refractivity contribution in [3.63, 3.8) is 0 Å². The molecule has 7 heteroatoms. The first-order chi connectivity index (χ1) is 14.4. The second kappa shape index (κ2) is 8.09. The molecule has 2 N–H and O–H groups in total. The van der Waals surface area contributed by atoms with Gasteiger partial charge in [0.2, 0.25) is 0 Å². The molecule has 1 aliphatic rings. The standard InChI is InChI=1S/C23H20Cl2N2O3/c1-3-23(14-7-9-15(24)10-8-14)19-12-18(26-17-6-4-5-16(25)11-17)13-20(29-2)21(19)27-22(28)30-23/h4-13,26H,3H2,1-2H3,(H,27,28). The number of anilines is 3. The number of ether oxygens (including phenoxy) is 2. The molecule has 1 amide bonds. The monoisotopic (exact) mass is 442 g/mol. The Labute approximate surface area is 184 Å². The van der Waals surface area contributed by atoms with E-state index in [1.165, 1.54) is 0 Å². The van der Waals surface area contributed by atoms with Crippen LogP contribution in [0.4, 0.5) is 21.9 Å². The molecule has 4 rings (SSSR count). The molecule has 1 aliphatic heterocycles. The molecule has 0 saturated carbocycles. The lowest BCUT2D eigenvalue weighted by atomic mass is 9.81. The van der Waals surface area contributed by atoms with Crippen LogP contribution in [0.1, 0.15) is 24.5 Å². The number of nitrogens with one attached hydrogen (secondary N) is 2. The molecular weight excluding hydrogens is 423 g/mol. The highest BCUT2D eigenvalue weighted by Gasteiger charge is 2.43. The van der Waals surface area contributed by atoms with Crippen LogP contribution in [-0.4, -0.2) is 13.2 Å². The zero-order chi connectivity index (χ0) is 21.3. The molecule has 154 valence electrons. The summed E-state index contributed by atoms with van der Waals surface area (Å²) in [6, 6.07) is 18.5. The van der Waals surface area contributed by atoms with Crippen molar-refractivity contribution >= 4 is 46.4 Å². The number of hydrogen-bond acceptors (Lipinski definition) is 4. The second-order valence-corrected chi connectivity index (χ2v) is 7.81. The Hall–Kier alpha value is -2.89. The van der Waals surface area contributed by atoms with Gasteiger partial charge in [0.15, 0.2) is 5.60 Å². The summed E-state index contributed by atoms with van der Waals surface area (Å²) in [6.45, 7) is 1.97. The number of carbonyl (C=O) groups is 1. The van der Waals surface area contributed by atoms with Gasteiger partial charge in [0.1, 0.15) is 5.75 Å². The van der Waals surface area contributed by atoms with Crippen LogP contribution in [0, 0.1) is 0 Å². The van der Waals surface area contributed by atoms with Crippen LogP contribution >= 0.6 is 23.2 Å². The predicted molar refractivity (Wildman–Crippen MR) is 120 cm³/mol. The van der Waals surface area contributed by atoms with E-state index >= 15 is 0 Å². The number of methoxy groups -OCH3 is 1. The molecular formula is C23H20Cl2N2O3. The van der Waals surface area contributed by atoms with Crippen molar-refractivity contribution in [2.75, 3.05) is 17.7 Å². The van der Waals surface area contributed by atoms with Gasteiger partial charge in [0, 0.05) is 38.6 Å². The van der Waals surface area contributed by atoms with E-state index in [4.69, 9.17) is 32.7 Å². The Morgan fingerprint density at radius 1 is 1.03 bits per heavy atom. The molecule has 0 saturated heterocycles. The first-order valence-corrected chi connectivity index (χ1v) is 10.2. The molecule has 0 aromatic heterocycles. The summed E-state index contributed by atoms with van der Waals surface area (Å²) >= 11 is 12.2. The van der Waals surface area contributed by atoms with Gasteiger partial charge >= 0.3 is 6.09 Å². The summed E-state index contributed by atoms with van der Waals surface area (Å²) in [5, 5.41) is 7.38. The minimum atomic E-state index is -0.985. The Kier molecular flexibility index (Phi) is 5.50. The zero-order valence-corrected chi connectivity index (χ0v) is 18.0. The van der Waals surface area contributed by atoms with Crippen LogP contribution in [0.2, 0.25) is 10.0 Å². The van der Waals surface area contributed by atoms with E-state index in [1.54, 1.807) is 19.2 Å². The lowest BCUT2D eigenvalue weighted by Crippen LogP contribution is -2.40. The molecule has 30 heavy (non-hydrogen) atoms. The summed E-state index contributed by atoms with van der Waals surface area (Å²) in [5.41, 5.74) is 2.82. The van der Waals surface area contributed by atoms with Crippen LogP contribution in [-0.2, 0) is 10.3 Å². The fourth-order valence-corrected chi connectivity index (χ4v) is 4.09. The molecule has 1 atom stereocenters. The van der Waals surface area contributed by atoms with E-state index in [2.05, 4.69) is 10.6 Å². The lowest BCUT2D eigenvalue weighted by molar-refractivity contribution is 0.0408. The number of hydrogen-bond donors (Lipinski definition) is 2. The van der Waals surface area contributed by atoms with Crippen LogP contribution < -0.4 is 15.4 Å². The van der Waals surface area contributed by atoms with Crippen molar-refractivity contribution in [1.29, 1.82) is 0 Å². The van der Waals surface area contributed by atoms with E-state index in [1.807, 2.05) is 55.5 Å². The number of rotatable bonds is 5. The smallest absolute Gasteiger partial charge is 0.412 e. The third kappa shape index (κ3) is 3.66. The molecule has 0 fully saturated rings. The minimum Gasteiger partial charge on any atom is -0.494 e. The van der Waals surface area contributed by atoms with E-state index in [9.17, 15) is 4.79 Å². The normalized spacial score (nSPS) is 17.5. The van der Waals surface area contributed by atoms with Crippen molar-refractivity contribution in [3.8, 4) is 5.75 Å². The van der Waals surface area contributed by atoms with Gasteiger partial charge in [-0.05, 0) is 42.8 Å². The fraction of sp³-hybridized carbons (Fsp3) is 0.174. The predicted octanol–water partition coefficient (Wildman–Crippen LogP) is 6.96. The van der Waals surface area contributed by atoms with Gasteiger partial charge in [0.25, 0.3) is 0 Å². The van der Waals surface area contributed by atoms with Gasteiger partial charge in [-0.1, -0.05) is 48.3 Å². The summed E-state index contributed by atoms with van der Waals surface area (Å²) in [5.74, 6) is 0.528. The average Bonchev–Trinajstić information content (AvgIpc) is 2.73. The minimum absolute atomic E-state index is 0.527. The second-order valence-electron chi connectivity index (χ2n) is 6.94. The fourth-order valence-electron chi connectivity index (χ4n) is 3.77. The van der Waals surface area contributed by atoms with Gasteiger partial charge in [-0.2, -0.15) is 0 Å². The first-order valence-electron chi connectivity index (χ1n) is 9.46. The van der Waals surface area contributed by atoms with Crippen LogP contribution in [0.3, 0.4) is 0 Å². The highest BCUT2D eigenvalue weighted by molar-refractivity contribution is 6.31. The number of carbonyl (C=O) groups excluding carboxylic acids is 1. The number of halogens is 2. The van der Waals surface area contributed by atoms with Gasteiger partial charge in [-0.15, -0.1) is 0 Å². The van der Waals surface area contributed by atoms with Crippen LogP contribution in [0.25, 0.3) is 0 Å². The quantitative estimate of drug-likeness (QED) is 0.448. The number of fused-ring (bicyclic) bond motifs is 1. The van der Waals surface area contributed by atoms with Crippen LogP contribution in [0.15, 0.2) is 60.7 Å². The molecule has 0 aliphatic carbocycles.